The lowest BCUT2D eigenvalue weighted by atomic mass is 9.86. The van der Waals surface area contributed by atoms with E-state index in [1.54, 1.807) is 0 Å². The lowest BCUT2D eigenvalue weighted by molar-refractivity contribution is -0.141. The number of oxime groups is 1. The van der Waals surface area contributed by atoms with Crippen LogP contribution in [0.15, 0.2) is 5.16 Å². The number of methoxy groups -OCH3 is 1. The van der Waals surface area contributed by atoms with Crippen LogP contribution in [0.4, 0.5) is 0 Å². The minimum atomic E-state index is -0.305. The number of rotatable bonds is 11. The van der Waals surface area contributed by atoms with Crippen molar-refractivity contribution in [1.29, 1.82) is 0 Å². The van der Waals surface area contributed by atoms with Gasteiger partial charge in [0, 0.05) is 12.8 Å². The minimum Gasteiger partial charge on any atom is -0.469 e. The van der Waals surface area contributed by atoms with Crippen LogP contribution in [0.5, 0.6) is 0 Å². The minimum absolute atomic E-state index is 0.192. The Balaban J connectivity index is 1.75. The van der Waals surface area contributed by atoms with Crippen molar-refractivity contribution < 1.29 is 24.3 Å². The number of nitrogens with zero attached hydrogens (tertiary/aromatic N) is 1. The fraction of sp³-hybridized carbons (Fsp3) is 0.850. The summed E-state index contributed by atoms with van der Waals surface area (Å²) >= 11 is 0. The monoisotopic (exact) mass is 367 g/mol. The smallest absolute Gasteiger partial charge is 0.309 e. The Hall–Kier alpha value is -1.43. The number of carbonyl (C=O) groups is 2. The molecule has 6 nitrogen and oxygen atoms in total. The van der Waals surface area contributed by atoms with Gasteiger partial charge in [0.1, 0.15) is 12.4 Å². The van der Waals surface area contributed by atoms with Gasteiger partial charge in [-0.25, -0.2) is 0 Å². The topological polar surface area (TPSA) is 85.2 Å². The summed E-state index contributed by atoms with van der Waals surface area (Å²) in [5.41, 5.74) is 1.01. The molecular weight excluding hydrogens is 334 g/mol. The van der Waals surface area contributed by atoms with Crippen LogP contribution in [0, 0.1) is 17.8 Å². The number of hydrogen-bond acceptors (Lipinski definition) is 6. The van der Waals surface area contributed by atoms with Crippen LogP contribution in [-0.2, 0) is 19.2 Å². The zero-order chi connectivity index (χ0) is 18.9. The van der Waals surface area contributed by atoms with Crippen LogP contribution in [0.25, 0.3) is 0 Å². The average Bonchev–Trinajstić information content (AvgIpc) is 3.13. The number of hydrogen-bond donors (Lipinski definition) is 1. The first-order valence-electron chi connectivity index (χ1n) is 9.99. The predicted molar refractivity (Wildman–Crippen MR) is 98.7 cm³/mol. The molecule has 0 aromatic carbocycles. The molecule has 0 spiro atoms. The van der Waals surface area contributed by atoms with Gasteiger partial charge in [-0.1, -0.05) is 24.9 Å². The van der Waals surface area contributed by atoms with Crippen LogP contribution in [-0.4, -0.2) is 42.4 Å². The predicted octanol–water partition coefficient (Wildman–Crippen LogP) is 3.26. The summed E-state index contributed by atoms with van der Waals surface area (Å²) in [5.74, 6) is 1.05. The number of Topliss-reactive ketones (excluding diaryl/α,β-unsaturated/α-hetero) is 1. The molecule has 2 rings (SSSR count). The van der Waals surface area contributed by atoms with Crippen LogP contribution in [0.1, 0.15) is 71.1 Å². The molecule has 2 saturated carbocycles. The summed E-state index contributed by atoms with van der Waals surface area (Å²) < 4.78 is 4.56. The molecule has 0 amide bonds. The van der Waals surface area contributed by atoms with Gasteiger partial charge in [0.15, 0.2) is 0 Å². The van der Waals surface area contributed by atoms with Gasteiger partial charge in [-0.2, -0.15) is 0 Å². The van der Waals surface area contributed by atoms with E-state index in [4.69, 9.17) is 4.84 Å². The largest absolute Gasteiger partial charge is 0.469 e. The van der Waals surface area contributed by atoms with E-state index >= 15 is 0 Å². The van der Waals surface area contributed by atoms with E-state index in [2.05, 4.69) is 16.8 Å². The normalized spacial score (nSPS) is 29.0. The van der Waals surface area contributed by atoms with Crippen molar-refractivity contribution in [1.82, 2.24) is 0 Å². The van der Waals surface area contributed by atoms with Gasteiger partial charge < -0.3 is 14.7 Å². The lowest BCUT2D eigenvalue weighted by Gasteiger charge is -2.20. The Morgan fingerprint density at radius 1 is 1.19 bits per heavy atom. The van der Waals surface area contributed by atoms with Crippen molar-refractivity contribution in [3.8, 4) is 0 Å². The maximum absolute atomic E-state index is 12.0. The molecule has 0 aromatic heterocycles. The number of unbranched alkanes of at least 4 members (excludes halogenated alkanes) is 2. The maximum atomic E-state index is 12.0. The highest BCUT2D eigenvalue weighted by Crippen LogP contribution is 2.48. The molecule has 26 heavy (non-hydrogen) atoms. The van der Waals surface area contributed by atoms with Gasteiger partial charge in [0.05, 0.1) is 25.3 Å². The van der Waals surface area contributed by atoms with Crippen molar-refractivity contribution >= 4 is 17.5 Å². The van der Waals surface area contributed by atoms with Crippen LogP contribution < -0.4 is 0 Å². The zero-order valence-electron chi connectivity index (χ0n) is 16.1. The summed E-state index contributed by atoms with van der Waals surface area (Å²) in [6.07, 6.45) is 7.62. The van der Waals surface area contributed by atoms with Gasteiger partial charge in [-0.15, -0.1) is 0 Å². The molecular formula is C20H33NO5. The highest BCUT2D eigenvalue weighted by Gasteiger charge is 2.46. The zero-order valence-corrected chi connectivity index (χ0v) is 16.1. The van der Waals surface area contributed by atoms with Gasteiger partial charge in [0.25, 0.3) is 0 Å². The molecule has 2 aliphatic rings. The summed E-state index contributed by atoms with van der Waals surface area (Å²) in [6.45, 7) is 2.36. The first-order chi connectivity index (χ1) is 12.5. The van der Waals surface area contributed by atoms with E-state index in [0.29, 0.717) is 30.5 Å². The summed E-state index contributed by atoms with van der Waals surface area (Å²) in [4.78, 5) is 28.3. The molecule has 0 saturated heterocycles. The van der Waals surface area contributed by atoms with Crippen molar-refractivity contribution in [3.05, 3.63) is 0 Å². The SMILES string of the molecule is CCCCCC(=O)CC[C@H]1[C@@H]2C/C(=N/OCCC(=O)OC)C[C@@H]2C[C@@H]1O. The third-order valence-electron chi connectivity index (χ3n) is 5.80. The van der Waals surface area contributed by atoms with Crippen LogP contribution in [0.3, 0.4) is 0 Å². The van der Waals surface area contributed by atoms with Crippen molar-refractivity contribution in [2.75, 3.05) is 13.7 Å². The molecule has 0 unspecified atom stereocenters. The molecule has 6 heteroatoms. The van der Waals surface area contributed by atoms with E-state index in [9.17, 15) is 14.7 Å². The number of esters is 1. The molecule has 0 radical (unpaired) electrons. The van der Waals surface area contributed by atoms with Crippen LogP contribution in [0.2, 0.25) is 0 Å². The third-order valence-corrected chi connectivity index (χ3v) is 5.80. The molecule has 0 aromatic rings. The molecule has 4 atom stereocenters. The molecule has 0 heterocycles. The molecule has 0 bridgehead atoms. The highest BCUT2D eigenvalue weighted by atomic mass is 16.6. The van der Waals surface area contributed by atoms with E-state index < -0.39 is 0 Å². The Morgan fingerprint density at radius 3 is 2.73 bits per heavy atom. The number of aliphatic hydroxyl groups is 1. The molecule has 2 fully saturated rings. The van der Waals surface area contributed by atoms with Crippen LogP contribution >= 0.6 is 0 Å². The number of carbonyl (C=O) groups excluding carboxylic acids is 2. The maximum Gasteiger partial charge on any atom is 0.309 e. The summed E-state index contributed by atoms with van der Waals surface area (Å²) in [7, 11) is 1.35. The second kappa shape index (κ2) is 10.7. The quantitative estimate of drug-likeness (QED) is 0.344. The summed E-state index contributed by atoms with van der Waals surface area (Å²) in [5, 5.41) is 14.6. The average molecular weight is 367 g/mol. The number of ketones is 1. The second-order valence-corrected chi connectivity index (χ2v) is 7.65. The van der Waals surface area contributed by atoms with Crippen molar-refractivity contribution in [2.24, 2.45) is 22.9 Å². The fourth-order valence-corrected chi connectivity index (χ4v) is 4.38. The van der Waals surface area contributed by atoms with E-state index in [0.717, 1.165) is 50.7 Å². The molecule has 148 valence electrons. The number of ether oxygens (including phenoxy) is 1. The number of aliphatic hydroxyl groups excluding tert-OH is 1. The summed E-state index contributed by atoms with van der Waals surface area (Å²) in [6, 6.07) is 0. The third kappa shape index (κ3) is 6.08. The van der Waals surface area contributed by atoms with E-state index in [1.165, 1.54) is 7.11 Å². The molecule has 1 N–H and O–H groups in total. The Labute approximate surface area is 156 Å². The first kappa shape index (κ1) is 20.9. The molecule has 2 aliphatic carbocycles. The van der Waals surface area contributed by atoms with Gasteiger partial charge in [-0.3, -0.25) is 9.59 Å². The van der Waals surface area contributed by atoms with Gasteiger partial charge in [-0.05, 0) is 49.9 Å². The lowest BCUT2D eigenvalue weighted by Crippen LogP contribution is -2.21. The second-order valence-electron chi connectivity index (χ2n) is 7.65. The van der Waals surface area contributed by atoms with Gasteiger partial charge in [0.2, 0.25) is 0 Å². The standard InChI is InChI=1S/C20H33NO5/c1-3-4-5-6-16(22)7-8-17-18-13-15(11-14(18)12-19(17)23)21-26-10-9-20(24)25-2/h14,17-19,23H,3-13H2,1-2H3/b21-15+/t14-,17+,18-,19+/m1/s1. The first-order valence-corrected chi connectivity index (χ1v) is 9.99. The Bertz CT molecular complexity index is 504. The van der Waals surface area contributed by atoms with E-state index in [-0.39, 0.29) is 31.0 Å². The van der Waals surface area contributed by atoms with Crippen molar-refractivity contribution in [2.45, 2.75) is 77.2 Å². The Kier molecular flexibility index (Phi) is 8.55. The number of fused-ring (bicyclic) bond motifs is 1. The van der Waals surface area contributed by atoms with Crippen molar-refractivity contribution in [3.63, 3.8) is 0 Å². The fourth-order valence-electron chi connectivity index (χ4n) is 4.38. The van der Waals surface area contributed by atoms with E-state index in [1.807, 2.05) is 0 Å². The Morgan fingerprint density at radius 2 is 2.00 bits per heavy atom. The molecule has 0 aliphatic heterocycles. The highest BCUT2D eigenvalue weighted by molar-refractivity contribution is 5.86. The van der Waals surface area contributed by atoms with Gasteiger partial charge >= 0.3 is 5.97 Å².